The Labute approximate surface area is 235 Å². The number of nitrogens with one attached hydrogen (secondary N) is 1. The Morgan fingerprint density at radius 2 is 1.95 bits per heavy atom. The summed E-state index contributed by atoms with van der Waals surface area (Å²) in [5.74, 6) is -0.612. The molecule has 5 rings (SSSR count). The number of hydrogen-bond donors (Lipinski definition) is 1. The first-order valence-electron chi connectivity index (χ1n) is 13.0. The number of ether oxygens (including phenoxy) is 1. The summed E-state index contributed by atoms with van der Waals surface area (Å²) in [5.41, 5.74) is 2.56. The van der Waals surface area contributed by atoms with Crippen molar-refractivity contribution in [2.24, 2.45) is 0 Å². The predicted molar refractivity (Wildman–Crippen MR) is 153 cm³/mol. The van der Waals surface area contributed by atoms with Crippen molar-refractivity contribution in [3.63, 3.8) is 0 Å². The Morgan fingerprint density at radius 1 is 1.18 bits per heavy atom. The number of benzene rings is 2. The molecule has 1 saturated carbocycles. The minimum atomic E-state index is -0.568. The Balaban J connectivity index is 1.57. The molecule has 1 aliphatic rings. The molecule has 1 fully saturated rings. The molecular formula is C30H30ClF2N3O2S. The van der Waals surface area contributed by atoms with E-state index >= 15 is 0 Å². The monoisotopic (exact) mass is 569 g/mol. The van der Waals surface area contributed by atoms with Gasteiger partial charge in [-0.3, -0.25) is 4.79 Å². The SMILES string of the molecule is CN[C@H]1CC[C@H](N(Cc2cc(-c3cccnc3F)ccc2OC)C(=O)c2sc3c(F)ccc(C)c3c2Cl)CC1. The van der Waals surface area contributed by atoms with Crippen LogP contribution >= 0.6 is 22.9 Å². The number of carbonyl (C=O) groups excluding carboxylic acids is 1. The number of pyridine rings is 1. The minimum Gasteiger partial charge on any atom is -0.496 e. The lowest BCUT2D eigenvalue weighted by molar-refractivity contribution is 0.0604. The molecule has 1 N–H and O–H groups in total. The minimum absolute atomic E-state index is 0.0437. The van der Waals surface area contributed by atoms with E-state index in [-0.39, 0.29) is 23.5 Å². The van der Waals surface area contributed by atoms with Gasteiger partial charge in [-0.2, -0.15) is 4.39 Å². The molecule has 204 valence electrons. The van der Waals surface area contributed by atoms with Gasteiger partial charge < -0.3 is 15.0 Å². The molecule has 0 radical (unpaired) electrons. The van der Waals surface area contributed by atoms with Crippen LogP contribution in [0.25, 0.3) is 21.2 Å². The first kappa shape index (κ1) is 27.5. The highest BCUT2D eigenvalue weighted by molar-refractivity contribution is 7.21. The molecule has 0 aliphatic heterocycles. The summed E-state index contributed by atoms with van der Waals surface area (Å²) >= 11 is 7.85. The Kier molecular flexibility index (Phi) is 8.16. The number of aryl methyl sites for hydroxylation is 1. The van der Waals surface area contributed by atoms with Crippen molar-refractivity contribution in [2.75, 3.05) is 14.2 Å². The molecule has 0 saturated heterocycles. The van der Waals surface area contributed by atoms with Gasteiger partial charge in [0, 0.05) is 41.3 Å². The van der Waals surface area contributed by atoms with E-state index in [1.165, 1.54) is 12.3 Å². The molecule has 0 bridgehead atoms. The molecule has 5 nitrogen and oxygen atoms in total. The van der Waals surface area contributed by atoms with Crippen LogP contribution in [0.2, 0.25) is 5.02 Å². The standard InChI is InChI=1S/C30H30ClF2N3O2S/c1-17-6-12-23(32)27-25(17)26(31)28(39-27)30(37)36(21-10-8-20(34-2)9-11-21)16-19-15-18(7-13-24(19)38-3)22-5-4-14-35-29(22)33/h4-7,12-15,20-21,34H,8-11,16H2,1-3H3/t20-,21-. The lowest BCUT2D eigenvalue weighted by Gasteiger charge is -2.37. The van der Waals surface area contributed by atoms with Crippen molar-refractivity contribution >= 4 is 38.9 Å². The Hall–Kier alpha value is -3.07. The van der Waals surface area contributed by atoms with Crippen molar-refractivity contribution in [1.82, 2.24) is 15.2 Å². The van der Waals surface area contributed by atoms with Crippen molar-refractivity contribution in [3.8, 4) is 16.9 Å². The fraction of sp³-hybridized carbons (Fsp3) is 0.333. The largest absolute Gasteiger partial charge is 0.496 e. The van der Waals surface area contributed by atoms with Crippen LogP contribution in [-0.2, 0) is 6.54 Å². The summed E-state index contributed by atoms with van der Waals surface area (Å²) in [7, 11) is 3.53. The molecular weight excluding hydrogens is 540 g/mol. The molecule has 2 aromatic heterocycles. The van der Waals surface area contributed by atoms with E-state index in [1.54, 1.807) is 37.4 Å². The number of methoxy groups -OCH3 is 1. The summed E-state index contributed by atoms with van der Waals surface area (Å²) in [6.07, 6.45) is 4.89. The van der Waals surface area contributed by atoms with Crippen molar-refractivity contribution in [1.29, 1.82) is 0 Å². The Bertz CT molecular complexity index is 1520. The van der Waals surface area contributed by atoms with Gasteiger partial charge in [0.1, 0.15) is 16.4 Å². The number of thiophene rings is 1. The third kappa shape index (κ3) is 5.38. The molecule has 2 aromatic carbocycles. The molecule has 39 heavy (non-hydrogen) atoms. The van der Waals surface area contributed by atoms with Crippen LogP contribution in [0.4, 0.5) is 8.78 Å². The predicted octanol–water partition coefficient (Wildman–Crippen LogP) is 7.38. The highest BCUT2D eigenvalue weighted by Crippen LogP contribution is 2.41. The third-order valence-corrected chi connectivity index (χ3v) is 9.31. The molecule has 1 amide bonds. The van der Waals surface area contributed by atoms with Gasteiger partial charge >= 0.3 is 0 Å². The van der Waals surface area contributed by atoms with Crippen LogP contribution < -0.4 is 10.1 Å². The quantitative estimate of drug-likeness (QED) is 0.236. The molecule has 9 heteroatoms. The second-order valence-electron chi connectivity index (χ2n) is 9.91. The van der Waals surface area contributed by atoms with E-state index in [0.717, 1.165) is 48.1 Å². The summed E-state index contributed by atoms with van der Waals surface area (Å²) in [6, 6.07) is 12.2. The molecule has 0 unspecified atom stereocenters. The molecule has 4 aromatic rings. The van der Waals surface area contributed by atoms with Gasteiger partial charge in [-0.05, 0) is 81.1 Å². The van der Waals surface area contributed by atoms with Gasteiger partial charge in [-0.15, -0.1) is 11.3 Å². The van der Waals surface area contributed by atoms with Gasteiger partial charge in [-0.1, -0.05) is 23.7 Å². The van der Waals surface area contributed by atoms with Crippen LogP contribution in [0.3, 0.4) is 0 Å². The Morgan fingerprint density at radius 3 is 2.62 bits per heavy atom. The van der Waals surface area contributed by atoms with Crippen molar-refractivity contribution in [3.05, 3.63) is 81.5 Å². The van der Waals surface area contributed by atoms with Gasteiger partial charge in [0.15, 0.2) is 0 Å². The first-order chi connectivity index (χ1) is 18.8. The summed E-state index contributed by atoms with van der Waals surface area (Å²) in [5, 5.41) is 4.20. The maximum Gasteiger partial charge on any atom is 0.266 e. The average Bonchev–Trinajstić information content (AvgIpc) is 3.32. The number of fused-ring (bicyclic) bond motifs is 1. The van der Waals surface area contributed by atoms with Crippen LogP contribution in [0.5, 0.6) is 5.75 Å². The molecule has 1 aliphatic carbocycles. The highest BCUT2D eigenvalue weighted by atomic mass is 35.5. The van der Waals surface area contributed by atoms with E-state index in [0.29, 0.717) is 37.9 Å². The smallest absolute Gasteiger partial charge is 0.266 e. The second kappa shape index (κ2) is 11.6. The van der Waals surface area contributed by atoms with Gasteiger partial charge in [0.05, 0.1) is 16.8 Å². The normalized spacial score (nSPS) is 17.4. The van der Waals surface area contributed by atoms with Crippen LogP contribution in [0, 0.1) is 18.7 Å². The third-order valence-electron chi connectivity index (χ3n) is 7.63. The van der Waals surface area contributed by atoms with E-state index in [1.807, 2.05) is 24.9 Å². The lowest BCUT2D eigenvalue weighted by atomic mass is 9.89. The zero-order chi connectivity index (χ0) is 27.7. The van der Waals surface area contributed by atoms with Crippen LogP contribution in [0.15, 0.2) is 48.7 Å². The van der Waals surface area contributed by atoms with E-state index in [4.69, 9.17) is 16.3 Å². The number of halogens is 3. The topological polar surface area (TPSA) is 54.5 Å². The van der Waals surface area contributed by atoms with Gasteiger partial charge in [-0.25, -0.2) is 9.37 Å². The number of carbonyl (C=O) groups is 1. The van der Waals surface area contributed by atoms with E-state index in [2.05, 4.69) is 10.3 Å². The zero-order valence-corrected chi connectivity index (χ0v) is 23.6. The summed E-state index contributed by atoms with van der Waals surface area (Å²) in [6.45, 7) is 2.10. The number of nitrogens with zero attached hydrogens (tertiary/aromatic N) is 2. The highest BCUT2D eigenvalue weighted by Gasteiger charge is 2.33. The van der Waals surface area contributed by atoms with E-state index in [9.17, 15) is 13.6 Å². The second-order valence-corrected chi connectivity index (χ2v) is 11.3. The van der Waals surface area contributed by atoms with Gasteiger partial charge in [0.2, 0.25) is 5.95 Å². The number of amides is 1. The number of hydrogen-bond acceptors (Lipinski definition) is 5. The van der Waals surface area contributed by atoms with Crippen LogP contribution in [-0.4, -0.2) is 42.0 Å². The first-order valence-corrected chi connectivity index (χ1v) is 14.1. The lowest BCUT2D eigenvalue weighted by Crippen LogP contribution is -2.44. The molecule has 2 heterocycles. The summed E-state index contributed by atoms with van der Waals surface area (Å²) in [4.78, 5) is 20.2. The zero-order valence-electron chi connectivity index (χ0n) is 22.1. The van der Waals surface area contributed by atoms with Crippen molar-refractivity contribution < 1.29 is 18.3 Å². The number of rotatable bonds is 7. The molecule has 0 spiro atoms. The number of aromatic nitrogens is 1. The fourth-order valence-electron chi connectivity index (χ4n) is 5.45. The van der Waals surface area contributed by atoms with Crippen molar-refractivity contribution in [2.45, 2.75) is 51.2 Å². The average molecular weight is 570 g/mol. The maximum absolute atomic E-state index is 14.7. The van der Waals surface area contributed by atoms with Crippen LogP contribution in [0.1, 0.15) is 46.5 Å². The fourth-order valence-corrected chi connectivity index (χ4v) is 7.08. The molecule has 0 atom stereocenters. The van der Waals surface area contributed by atoms with Gasteiger partial charge in [0.25, 0.3) is 5.91 Å². The van der Waals surface area contributed by atoms with E-state index < -0.39 is 11.8 Å². The summed E-state index contributed by atoms with van der Waals surface area (Å²) < 4.78 is 35.3. The maximum atomic E-state index is 14.7.